The SMILES string of the molecule is C#CCn1nc(C(C)(C)C)cc1C(C)C. The molecule has 0 N–H and O–H groups in total. The lowest BCUT2D eigenvalue weighted by Crippen LogP contribution is -2.13. The summed E-state index contributed by atoms with van der Waals surface area (Å²) in [6.45, 7) is 11.4. The fraction of sp³-hybridized carbons (Fsp3) is 0.615. The van der Waals surface area contributed by atoms with Crippen LogP contribution in [0.3, 0.4) is 0 Å². The molecule has 0 aliphatic rings. The van der Waals surface area contributed by atoms with Crippen molar-refractivity contribution < 1.29 is 0 Å². The molecular weight excluding hydrogens is 184 g/mol. The molecule has 0 aromatic carbocycles. The van der Waals surface area contributed by atoms with Gasteiger partial charge in [0.05, 0.1) is 5.69 Å². The average molecular weight is 204 g/mol. The van der Waals surface area contributed by atoms with Crippen molar-refractivity contribution >= 4 is 0 Å². The second-order valence-electron chi connectivity index (χ2n) is 5.22. The van der Waals surface area contributed by atoms with Crippen LogP contribution in [-0.2, 0) is 12.0 Å². The monoisotopic (exact) mass is 204 g/mol. The summed E-state index contributed by atoms with van der Waals surface area (Å²) in [5, 5.41) is 4.57. The fourth-order valence-electron chi connectivity index (χ4n) is 1.48. The van der Waals surface area contributed by atoms with Crippen molar-refractivity contribution in [2.75, 3.05) is 0 Å². The fourth-order valence-corrected chi connectivity index (χ4v) is 1.48. The molecule has 0 radical (unpaired) electrons. The van der Waals surface area contributed by atoms with Crippen molar-refractivity contribution in [3.8, 4) is 12.3 Å². The maximum Gasteiger partial charge on any atom is 0.102 e. The summed E-state index contributed by atoms with van der Waals surface area (Å²) in [7, 11) is 0. The van der Waals surface area contributed by atoms with Crippen LogP contribution in [0.2, 0.25) is 0 Å². The quantitative estimate of drug-likeness (QED) is 0.677. The topological polar surface area (TPSA) is 17.8 Å². The van der Waals surface area contributed by atoms with Gasteiger partial charge in [0, 0.05) is 11.1 Å². The highest BCUT2D eigenvalue weighted by molar-refractivity contribution is 5.20. The highest BCUT2D eigenvalue weighted by atomic mass is 15.3. The Kier molecular flexibility index (Phi) is 3.24. The van der Waals surface area contributed by atoms with Gasteiger partial charge >= 0.3 is 0 Å². The van der Waals surface area contributed by atoms with Crippen LogP contribution in [0.5, 0.6) is 0 Å². The first kappa shape index (κ1) is 11.8. The van der Waals surface area contributed by atoms with Gasteiger partial charge in [-0.2, -0.15) is 5.10 Å². The first-order valence-corrected chi connectivity index (χ1v) is 5.38. The molecule has 0 saturated carbocycles. The molecule has 0 fully saturated rings. The van der Waals surface area contributed by atoms with Crippen LogP contribution in [0, 0.1) is 12.3 Å². The summed E-state index contributed by atoms with van der Waals surface area (Å²) in [5.41, 5.74) is 2.42. The van der Waals surface area contributed by atoms with E-state index in [-0.39, 0.29) is 5.41 Å². The standard InChI is InChI=1S/C13H20N2/c1-7-8-15-11(10(2)3)9-12(14-15)13(4,5)6/h1,9-10H,8H2,2-6H3. The van der Waals surface area contributed by atoms with Gasteiger partial charge in [-0.25, -0.2) is 0 Å². The second kappa shape index (κ2) is 4.10. The number of rotatable bonds is 2. The van der Waals surface area contributed by atoms with Crippen molar-refractivity contribution in [3.05, 3.63) is 17.5 Å². The molecule has 15 heavy (non-hydrogen) atoms. The molecule has 2 nitrogen and oxygen atoms in total. The molecule has 1 heterocycles. The third-order valence-electron chi connectivity index (χ3n) is 2.41. The molecule has 1 aromatic rings. The Morgan fingerprint density at radius 1 is 1.47 bits per heavy atom. The zero-order valence-corrected chi connectivity index (χ0v) is 10.3. The summed E-state index contributed by atoms with van der Waals surface area (Å²) >= 11 is 0. The number of terminal acetylenes is 1. The maximum atomic E-state index is 5.34. The molecule has 0 saturated heterocycles. The molecule has 82 valence electrons. The molecule has 0 bridgehead atoms. The van der Waals surface area contributed by atoms with E-state index in [9.17, 15) is 0 Å². The minimum atomic E-state index is 0.0868. The Balaban J connectivity index is 3.16. The number of hydrogen-bond donors (Lipinski definition) is 0. The molecular formula is C13H20N2. The minimum Gasteiger partial charge on any atom is -0.257 e. The third kappa shape index (κ3) is 2.62. The van der Waals surface area contributed by atoms with Crippen LogP contribution in [-0.4, -0.2) is 9.78 Å². The van der Waals surface area contributed by atoms with Crippen LogP contribution in [0.4, 0.5) is 0 Å². The van der Waals surface area contributed by atoms with Crippen molar-refractivity contribution in [2.45, 2.75) is 52.5 Å². The lowest BCUT2D eigenvalue weighted by Gasteiger charge is -2.13. The number of aromatic nitrogens is 2. The van der Waals surface area contributed by atoms with E-state index < -0.39 is 0 Å². The Hall–Kier alpha value is -1.23. The van der Waals surface area contributed by atoms with Gasteiger partial charge in [-0.15, -0.1) is 6.42 Å². The molecule has 0 aliphatic heterocycles. The first-order chi connectivity index (χ1) is 6.86. The number of nitrogens with zero attached hydrogens (tertiary/aromatic N) is 2. The first-order valence-electron chi connectivity index (χ1n) is 5.38. The Morgan fingerprint density at radius 2 is 2.07 bits per heavy atom. The molecule has 1 aromatic heterocycles. The summed E-state index contributed by atoms with van der Waals surface area (Å²) in [6, 6.07) is 2.17. The minimum absolute atomic E-state index is 0.0868. The molecule has 0 spiro atoms. The normalized spacial score (nSPS) is 11.8. The van der Waals surface area contributed by atoms with E-state index >= 15 is 0 Å². The van der Waals surface area contributed by atoms with Gasteiger partial charge in [-0.3, -0.25) is 4.68 Å². The molecule has 0 amide bonds. The molecule has 0 atom stereocenters. The van der Waals surface area contributed by atoms with E-state index in [1.54, 1.807) is 0 Å². The van der Waals surface area contributed by atoms with E-state index in [0.29, 0.717) is 12.5 Å². The smallest absolute Gasteiger partial charge is 0.102 e. The van der Waals surface area contributed by atoms with Crippen LogP contribution in [0.1, 0.15) is 51.9 Å². The van der Waals surface area contributed by atoms with E-state index in [1.165, 1.54) is 5.69 Å². The molecule has 1 rings (SSSR count). The highest BCUT2D eigenvalue weighted by Gasteiger charge is 2.20. The third-order valence-corrected chi connectivity index (χ3v) is 2.41. The lowest BCUT2D eigenvalue weighted by atomic mass is 9.92. The van der Waals surface area contributed by atoms with Gasteiger partial charge in [0.2, 0.25) is 0 Å². The molecule has 0 unspecified atom stereocenters. The van der Waals surface area contributed by atoms with Gasteiger partial charge in [0.15, 0.2) is 0 Å². The van der Waals surface area contributed by atoms with Crippen molar-refractivity contribution in [3.63, 3.8) is 0 Å². The highest BCUT2D eigenvalue weighted by Crippen LogP contribution is 2.24. The summed E-state index contributed by atoms with van der Waals surface area (Å²) < 4.78 is 1.94. The van der Waals surface area contributed by atoms with Gasteiger partial charge in [-0.05, 0) is 12.0 Å². The predicted molar refractivity (Wildman–Crippen MR) is 63.8 cm³/mol. The van der Waals surface area contributed by atoms with E-state index in [2.05, 4.69) is 51.7 Å². The zero-order chi connectivity index (χ0) is 11.6. The van der Waals surface area contributed by atoms with Gasteiger partial charge in [0.1, 0.15) is 6.54 Å². The Morgan fingerprint density at radius 3 is 2.47 bits per heavy atom. The summed E-state index contributed by atoms with van der Waals surface area (Å²) in [4.78, 5) is 0. The van der Waals surface area contributed by atoms with E-state index in [0.717, 1.165) is 5.69 Å². The van der Waals surface area contributed by atoms with Crippen LogP contribution in [0.15, 0.2) is 6.07 Å². The summed E-state index contributed by atoms with van der Waals surface area (Å²) in [5.74, 6) is 3.10. The number of hydrogen-bond acceptors (Lipinski definition) is 1. The maximum absolute atomic E-state index is 5.34. The van der Waals surface area contributed by atoms with E-state index in [4.69, 9.17) is 6.42 Å². The van der Waals surface area contributed by atoms with Crippen molar-refractivity contribution in [1.82, 2.24) is 9.78 Å². The van der Waals surface area contributed by atoms with Crippen LogP contribution >= 0.6 is 0 Å². The Bertz CT molecular complexity index is 372. The van der Waals surface area contributed by atoms with Crippen LogP contribution in [0.25, 0.3) is 0 Å². The van der Waals surface area contributed by atoms with Crippen LogP contribution < -0.4 is 0 Å². The second-order valence-corrected chi connectivity index (χ2v) is 5.22. The zero-order valence-electron chi connectivity index (χ0n) is 10.3. The van der Waals surface area contributed by atoms with Gasteiger partial charge in [0.25, 0.3) is 0 Å². The van der Waals surface area contributed by atoms with Gasteiger partial charge in [-0.1, -0.05) is 40.5 Å². The van der Waals surface area contributed by atoms with E-state index in [1.807, 2.05) is 4.68 Å². The lowest BCUT2D eigenvalue weighted by molar-refractivity contribution is 0.543. The largest absolute Gasteiger partial charge is 0.257 e. The predicted octanol–water partition coefficient (Wildman–Crippen LogP) is 2.94. The molecule has 2 heteroatoms. The Labute approximate surface area is 92.7 Å². The van der Waals surface area contributed by atoms with Crippen molar-refractivity contribution in [2.24, 2.45) is 0 Å². The van der Waals surface area contributed by atoms with Gasteiger partial charge < -0.3 is 0 Å². The van der Waals surface area contributed by atoms with Crippen molar-refractivity contribution in [1.29, 1.82) is 0 Å². The molecule has 0 aliphatic carbocycles. The average Bonchev–Trinajstić information content (AvgIpc) is 2.48. The summed E-state index contributed by atoms with van der Waals surface area (Å²) in [6.07, 6.45) is 5.34.